The Morgan fingerprint density at radius 3 is 2.42 bits per heavy atom. The molecule has 0 aliphatic rings. The summed E-state index contributed by atoms with van der Waals surface area (Å²) in [6.07, 6.45) is 1.71. The van der Waals surface area contributed by atoms with Crippen LogP contribution < -0.4 is 10.5 Å². The van der Waals surface area contributed by atoms with Gasteiger partial charge in [0.25, 0.3) is 0 Å². The van der Waals surface area contributed by atoms with Gasteiger partial charge in [-0.2, -0.15) is 0 Å². The molecule has 70 valence electrons. The third kappa shape index (κ3) is 3.76. The van der Waals surface area contributed by atoms with Crippen LogP contribution in [0.4, 0.5) is 0 Å². The second-order valence-corrected chi connectivity index (χ2v) is 1.91. The van der Waals surface area contributed by atoms with Crippen molar-refractivity contribution in [1.82, 2.24) is 4.98 Å². The number of halogens is 2. The van der Waals surface area contributed by atoms with E-state index < -0.39 is 0 Å². The van der Waals surface area contributed by atoms with Crippen LogP contribution >= 0.6 is 24.8 Å². The standard InChI is InChI=1S/C7H10N2O.2ClH/c1-10-7-3-2-6(4-8)5-9-7;;/h2-3,5H,4,8H2,1H3;2*1H. The zero-order valence-electron chi connectivity index (χ0n) is 6.69. The van der Waals surface area contributed by atoms with E-state index in [1.54, 1.807) is 19.4 Å². The molecule has 0 saturated carbocycles. The van der Waals surface area contributed by atoms with Gasteiger partial charge in [0.1, 0.15) is 0 Å². The number of nitrogens with two attached hydrogens (primary N) is 1. The highest BCUT2D eigenvalue weighted by Gasteiger charge is 1.90. The van der Waals surface area contributed by atoms with E-state index in [0.29, 0.717) is 12.4 Å². The normalized spacial score (nSPS) is 7.83. The molecule has 0 unspecified atom stereocenters. The molecular formula is C7H12Cl2N2O. The predicted molar refractivity (Wildman–Crippen MR) is 53.2 cm³/mol. The lowest BCUT2D eigenvalue weighted by Crippen LogP contribution is -1.97. The van der Waals surface area contributed by atoms with Crippen molar-refractivity contribution in [2.75, 3.05) is 7.11 Å². The lowest BCUT2D eigenvalue weighted by molar-refractivity contribution is 0.397. The maximum absolute atomic E-state index is 5.36. The van der Waals surface area contributed by atoms with Gasteiger partial charge in [0.05, 0.1) is 7.11 Å². The van der Waals surface area contributed by atoms with Crippen LogP contribution in [-0.2, 0) is 6.54 Å². The van der Waals surface area contributed by atoms with E-state index >= 15 is 0 Å². The molecule has 1 heterocycles. The zero-order chi connectivity index (χ0) is 7.40. The summed E-state index contributed by atoms with van der Waals surface area (Å²) < 4.78 is 4.86. The summed E-state index contributed by atoms with van der Waals surface area (Å²) in [4.78, 5) is 3.97. The van der Waals surface area contributed by atoms with Gasteiger partial charge in [-0.15, -0.1) is 24.8 Å². The lowest BCUT2D eigenvalue weighted by Gasteiger charge is -1.98. The summed E-state index contributed by atoms with van der Waals surface area (Å²) in [6.45, 7) is 0.525. The summed E-state index contributed by atoms with van der Waals surface area (Å²) in [5.74, 6) is 0.622. The van der Waals surface area contributed by atoms with Crippen molar-refractivity contribution in [2.45, 2.75) is 6.54 Å². The molecular weight excluding hydrogens is 199 g/mol. The van der Waals surface area contributed by atoms with Crippen LogP contribution in [0.15, 0.2) is 18.3 Å². The molecule has 1 rings (SSSR count). The van der Waals surface area contributed by atoms with E-state index in [1.807, 2.05) is 6.07 Å². The molecule has 0 saturated heterocycles. The average molecular weight is 211 g/mol. The fourth-order valence-corrected chi connectivity index (χ4v) is 0.652. The molecule has 0 spiro atoms. The molecule has 0 aromatic carbocycles. The van der Waals surface area contributed by atoms with Crippen molar-refractivity contribution in [3.05, 3.63) is 23.9 Å². The molecule has 0 atom stereocenters. The summed E-state index contributed by atoms with van der Waals surface area (Å²) >= 11 is 0. The summed E-state index contributed by atoms with van der Waals surface area (Å²) in [5, 5.41) is 0. The number of pyridine rings is 1. The summed E-state index contributed by atoms with van der Waals surface area (Å²) in [6, 6.07) is 3.69. The van der Waals surface area contributed by atoms with E-state index in [4.69, 9.17) is 10.5 Å². The van der Waals surface area contributed by atoms with Crippen LogP contribution in [0.1, 0.15) is 5.56 Å². The molecule has 0 amide bonds. The Bertz CT molecular complexity index is 180. The molecule has 12 heavy (non-hydrogen) atoms. The van der Waals surface area contributed by atoms with Crippen molar-refractivity contribution in [3.8, 4) is 5.88 Å². The molecule has 1 aromatic heterocycles. The molecule has 5 heteroatoms. The number of hydrogen-bond donors (Lipinski definition) is 1. The van der Waals surface area contributed by atoms with E-state index in [1.165, 1.54) is 0 Å². The predicted octanol–water partition coefficient (Wildman–Crippen LogP) is 1.39. The first-order valence-corrected chi connectivity index (χ1v) is 3.06. The first-order chi connectivity index (χ1) is 4.86. The van der Waals surface area contributed by atoms with Crippen molar-refractivity contribution >= 4 is 24.8 Å². The van der Waals surface area contributed by atoms with Crippen LogP contribution in [0.3, 0.4) is 0 Å². The topological polar surface area (TPSA) is 48.1 Å². The van der Waals surface area contributed by atoms with Gasteiger partial charge in [-0.05, 0) is 5.56 Å². The number of aromatic nitrogens is 1. The fraction of sp³-hybridized carbons (Fsp3) is 0.286. The minimum atomic E-state index is 0. The van der Waals surface area contributed by atoms with E-state index in [0.717, 1.165) is 5.56 Å². The Labute approximate surface area is 84.1 Å². The number of hydrogen-bond acceptors (Lipinski definition) is 3. The second kappa shape index (κ2) is 7.16. The van der Waals surface area contributed by atoms with Crippen LogP contribution in [0.2, 0.25) is 0 Å². The molecule has 1 aromatic rings. The minimum absolute atomic E-state index is 0. The molecule has 3 nitrogen and oxygen atoms in total. The Balaban J connectivity index is 0. The van der Waals surface area contributed by atoms with Crippen LogP contribution in [0.5, 0.6) is 5.88 Å². The van der Waals surface area contributed by atoms with Crippen molar-refractivity contribution in [3.63, 3.8) is 0 Å². The zero-order valence-corrected chi connectivity index (χ0v) is 8.32. The number of nitrogens with zero attached hydrogens (tertiary/aromatic N) is 1. The van der Waals surface area contributed by atoms with E-state index in [-0.39, 0.29) is 24.8 Å². The van der Waals surface area contributed by atoms with Gasteiger partial charge < -0.3 is 10.5 Å². The van der Waals surface area contributed by atoms with Crippen molar-refractivity contribution in [2.24, 2.45) is 5.73 Å². The first kappa shape index (κ1) is 14.0. The Morgan fingerprint density at radius 1 is 1.42 bits per heavy atom. The lowest BCUT2D eigenvalue weighted by atomic mass is 10.3. The van der Waals surface area contributed by atoms with E-state index in [9.17, 15) is 0 Å². The van der Waals surface area contributed by atoms with Crippen molar-refractivity contribution < 1.29 is 4.74 Å². The number of ether oxygens (including phenoxy) is 1. The third-order valence-electron chi connectivity index (χ3n) is 1.24. The molecule has 0 radical (unpaired) electrons. The van der Waals surface area contributed by atoms with Gasteiger partial charge in [0, 0.05) is 18.8 Å². The monoisotopic (exact) mass is 210 g/mol. The Hall–Kier alpha value is -0.510. The summed E-state index contributed by atoms with van der Waals surface area (Å²) in [5.41, 5.74) is 6.38. The number of rotatable bonds is 2. The SMILES string of the molecule is COc1ccc(CN)cn1.Cl.Cl. The molecule has 0 aliphatic heterocycles. The Morgan fingerprint density at radius 2 is 2.08 bits per heavy atom. The van der Waals surface area contributed by atoms with Gasteiger partial charge in [0.15, 0.2) is 0 Å². The molecule has 0 bridgehead atoms. The highest BCUT2D eigenvalue weighted by molar-refractivity contribution is 5.85. The fourth-order valence-electron chi connectivity index (χ4n) is 0.652. The van der Waals surface area contributed by atoms with Gasteiger partial charge in [-0.25, -0.2) is 4.98 Å². The minimum Gasteiger partial charge on any atom is -0.481 e. The van der Waals surface area contributed by atoms with E-state index in [2.05, 4.69) is 4.98 Å². The van der Waals surface area contributed by atoms with Crippen LogP contribution in [0.25, 0.3) is 0 Å². The van der Waals surface area contributed by atoms with Crippen LogP contribution in [-0.4, -0.2) is 12.1 Å². The average Bonchev–Trinajstić information content (AvgIpc) is 2.05. The third-order valence-corrected chi connectivity index (χ3v) is 1.24. The molecule has 0 aliphatic carbocycles. The van der Waals surface area contributed by atoms with Gasteiger partial charge in [-0.1, -0.05) is 6.07 Å². The summed E-state index contributed by atoms with van der Waals surface area (Å²) in [7, 11) is 1.59. The highest BCUT2D eigenvalue weighted by Crippen LogP contribution is 2.04. The van der Waals surface area contributed by atoms with Gasteiger partial charge >= 0.3 is 0 Å². The number of methoxy groups -OCH3 is 1. The first-order valence-electron chi connectivity index (χ1n) is 3.06. The largest absolute Gasteiger partial charge is 0.481 e. The Kier molecular flexibility index (Phi) is 8.37. The molecule has 2 N–H and O–H groups in total. The highest BCUT2D eigenvalue weighted by atomic mass is 35.5. The molecule has 0 fully saturated rings. The van der Waals surface area contributed by atoms with Crippen molar-refractivity contribution in [1.29, 1.82) is 0 Å². The van der Waals surface area contributed by atoms with Gasteiger partial charge in [0.2, 0.25) is 5.88 Å². The maximum Gasteiger partial charge on any atom is 0.212 e. The smallest absolute Gasteiger partial charge is 0.212 e. The quantitative estimate of drug-likeness (QED) is 0.804. The second-order valence-electron chi connectivity index (χ2n) is 1.91. The van der Waals surface area contributed by atoms with Gasteiger partial charge in [-0.3, -0.25) is 0 Å². The maximum atomic E-state index is 5.36. The van der Waals surface area contributed by atoms with Crippen LogP contribution in [0, 0.1) is 0 Å².